The molecule has 4 heteroatoms. The first-order valence-electron chi connectivity index (χ1n) is 12.7. The van der Waals surface area contributed by atoms with Gasteiger partial charge in [0.2, 0.25) is 0 Å². The van der Waals surface area contributed by atoms with Gasteiger partial charge < -0.3 is 14.4 Å². The average molecular weight is 487 g/mol. The number of nitrogens with zero attached hydrogens (tertiary/aromatic N) is 2. The van der Waals surface area contributed by atoms with Crippen LogP contribution in [0.1, 0.15) is 47.4 Å². The van der Waals surface area contributed by atoms with Gasteiger partial charge in [-0.3, -0.25) is 0 Å². The van der Waals surface area contributed by atoms with Gasteiger partial charge in [-0.15, -0.1) is 0 Å². The normalized spacial score (nSPS) is 16.6. The van der Waals surface area contributed by atoms with Crippen molar-refractivity contribution in [2.24, 2.45) is 0 Å². The molecule has 2 unspecified atom stereocenters. The number of aliphatic hydroxyl groups is 1. The van der Waals surface area contributed by atoms with E-state index in [1.54, 1.807) is 6.92 Å². The van der Waals surface area contributed by atoms with Gasteiger partial charge in [-0.2, -0.15) is 0 Å². The van der Waals surface area contributed by atoms with Gasteiger partial charge in [0.05, 0.1) is 12.0 Å². The molecule has 0 amide bonds. The third kappa shape index (κ3) is 3.76. The van der Waals surface area contributed by atoms with Gasteiger partial charge in [-0.25, -0.2) is 4.98 Å². The molecule has 2 atom stereocenters. The van der Waals surface area contributed by atoms with Gasteiger partial charge in [0.1, 0.15) is 23.0 Å². The van der Waals surface area contributed by atoms with Gasteiger partial charge in [0.15, 0.2) is 0 Å². The van der Waals surface area contributed by atoms with Crippen molar-refractivity contribution in [1.29, 1.82) is 0 Å². The summed E-state index contributed by atoms with van der Waals surface area (Å²) in [6, 6.07) is 37.4. The summed E-state index contributed by atoms with van der Waals surface area (Å²) >= 11 is 0. The molecular formula is C33H30N2O2. The van der Waals surface area contributed by atoms with Crippen LogP contribution in [0.5, 0.6) is 5.75 Å². The fourth-order valence-corrected chi connectivity index (χ4v) is 5.70. The Labute approximate surface area is 217 Å². The topological polar surface area (TPSA) is 47.3 Å². The monoisotopic (exact) mass is 486 g/mol. The number of ether oxygens (including phenoxy) is 1. The summed E-state index contributed by atoms with van der Waals surface area (Å²) in [6.07, 6.45) is 4.74. The maximum Gasteiger partial charge on any atom is 0.134 e. The lowest BCUT2D eigenvalue weighted by Gasteiger charge is -2.37. The molecule has 0 aliphatic carbocycles. The Bertz CT molecular complexity index is 1410. The van der Waals surface area contributed by atoms with Crippen molar-refractivity contribution in [3.8, 4) is 5.75 Å². The third-order valence-corrected chi connectivity index (χ3v) is 7.49. The second-order valence-electron chi connectivity index (χ2n) is 9.97. The van der Waals surface area contributed by atoms with E-state index < -0.39 is 11.1 Å². The lowest BCUT2D eigenvalue weighted by atomic mass is 9.76. The minimum absolute atomic E-state index is 0.0893. The Morgan fingerprint density at radius 2 is 1.32 bits per heavy atom. The first kappa shape index (κ1) is 23.3. The molecule has 1 aromatic heterocycles. The van der Waals surface area contributed by atoms with Crippen LogP contribution >= 0.6 is 0 Å². The summed E-state index contributed by atoms with van der Waals surface area (Å²) < 4.78 is 8.26. The first-order chi connectivity index (χ1) is 18.0. The van der Waals surface area contributed by atoms with Crippen LogP contribution in [-0.2, 0) is 17.6 Å². The van der Waals surface area contributed by atoms with Crippen molar-refractivity contribution in [2.75, 3.05) is 0 Å². The van der Waals surface area contributed by atoms with Crippen LogP contribution in [0.2, 0.25) is 0 Å². The van der Waals surface area contributed by atoms with E-state index in [2.05, 4.69) is 90.4 Å². The fraction of sp³-hybridized carbons (Fsp3) is 0.182. The lowest BCUT2D eigenvalue weighted by Crippen LogP contribution is -2.37. The highest BCUT2D eigenvalue weighted by Crippen LogP contribution is 2.44. The van der Waals surface area contributed by atoms with Gasteiger partial charge in [0.25, 0.3) is 0 Å². The SMILES string of the molecule is CC1Cc2cccc(C(C)(O)c3cn(C(c4ccccc4)(c4ccccc4)c4ccccc4)cn3)c2O1. The van der Waals surface area contributed by atoms with Crippen molar-refractivity contribution < 1.29 is 9.84 Å². The summed E-state index contributed by atoms with van der Waals surface area (Å²) in [6.45, 7) is 3.86. The second kappa shape index (κ2) is 9.06. The summed E-state index contributed by atoms with van der Waals surface area (Å²) in [4.78, 5) is 4.81. The highest BCUT2D eigenvalue weighted by Gasteiger charge is 2.41. The molecular weight excluding hydrogens is 456 g/mol. The first-order valence-corrected chi connectivity index (χ1v) is 12.7. The Morgan fingerprint density at radius 1 is 0.784 bits per heavy atom. The molecule has 0 spiro atoms. The molecule has 0 fully saturated rings. The predicted molar refractivity (Wildman–Crippen MR) is 146 cm³/mol. The molecule has 2 heterocycles. The van der Waals surface area contributed by atoms with Crippen LogP contribution in [0.25, 0.3) is 0 Å². The standard InChI is InChI=1S/C33H30N2O2/c1-24-21-25-13-12-20-29(31(25)37-24)32(2,36)30-22-35(23-34-30)33(26-14-6-3-7-15-26,27-16-8-4-9-17-27)28-18-10-5-11-19-28/h3-20,22-24,36H,21H2,1-2H3. The lowest BCUT2D eigenvalue weighted by molar-refractivity contribution is 0.0928. The number of imidazole rings is 1. The van der Waals surface area contributed by atoms with Gasteiger partial charge in [0, 0.05) is 18.2 Å². The maximum atomic E-state index is 11.9. The molecule has 1 aliphatic heterocycles. The minimum atomic E-state index is -1.34. The van der Waals surface area contributed by atoms with E-state index in [1.807, 2.05) is 42.9 Å². The van der Waals surface area contributed by atoms with Crippen LogP contribution < -0.4 is 4.74 Å². The molecule has 0 saturated carbocycles. The molecule has 5 aromatic rings. The van der Waals surface area contributed by atoms with E-state index in [0.717, 1.165) is 40.0 Å². The van der Waals surface area contributed by atoms with E-state index in [-0.39, 0.29) is 6.10 Å². The Kier molecular flexibility index (Phi) is 5.69. The third-order valence-electron chi connectivity index (χ3n) is 7.49. The minimum Gasteiger partial charge on any atom is -0.490 e. The van der Waals surface area contributed by atoms with Crippen LogP contribution in [0, 0.1) is 0 Å². The zero-order valence-electron chi connectivity index (χ0n) is 21.1. The zero-order chi connectivity index (χ0) is 25.5. The van der Waals surface area contributed by atoms with Crippen LogP contribution in [0.4, 0.5) is 0 Å². The number of para-hydroxylation sites is 1. The largest absolute Gasteiger partial charge is 0.490 e. The van der Waals surface area contributed by atoms with Crippen LogP contribution in [0.3, 0.4) is 0 Å². The molecule has 0 saturated heterocycles. The number of fused-ring (bicyclic) bond motifs is 1. The molecule has 4 nitrogen and oxygen atoms in total. The molecule has 0 radical (unpaired) electrons. The number of hydrogen-bond donors (Lipinski definition) is 1. The predicted octanol–water partition coefficient (Wildman–Crippen LogP) is 6.30. The Morgan fingerprint density at radius 3 is 1.86 bits per heavy atom. The summed E-state index contributed by atoms with van der Waals surface area (Å²) in [5.74, 6) is 0.773. The second-order valence-corrected chi connectivity index (χ2v) is 9.97. The summed E-state index contributed by atoms with van der Waals surface area (Å²) in [7, 11) is 0. The van der Waals surface area contributed by atoms with Gasteiger partial charge in [-0.1, -0.05) is 109 Å². The van der Waals surface area contributed by atoms with Crippen LogP contribution in [0.15, 0.2) is 122 Å². The Hall–Kier alpha value is -4.15. The van der Waals surface area contributed by atoms with Gasteiger partial charge >= 0.3 is 0 Å². The molecule has 37 heavy (non-hydrogen) atoms. The van der Waals surface area contributed by atoms with E-state index in [1.165, 1.54) is 0 Å². The number of benzene rings is 4. The molecule has 6 rings (SSSR count). The smallest absolute Gasteiger partial charge is 0.134 e. The molecule has 1 aliphatic rings. The molecule has 4 aromatic carbocycles. The highest BCUT2D eigenvalue weighted by atomic mass is 16.5. The van der Waals surface area contributed by atoms with E-state index in [9.17, 15) is 5.11 Å². The van der Waals surface area contributed by atoms with Crippen molar-refractivity contribution in [1.82, 2.24) is 9.55 Å². The number of aromatic nitrogens is 2. The quantitative estimate of drug-likeness (QED) is 0.287. The zero-order valence-corrected chi connectivity index (χ0v) is 21.1. The van der Waals surface area contributed by atoms with Gasteiger partial charge in [-0.05, 0) is 36.1 Å². The van der Waals surface area contributed by atoms with E-state index >= 15 is 0 Å². The number of hydrogen-bond acceptors (Lipinski definition) is 3. The molecule has 184 valence electrons. The van der Waals surface area contributed by atoms with Crippen molar-refractivity contribution in [3.05, 3.63) is 155 Å². The molecule has 1 N–H and O–H groups in total. The van der Waals surface area contributed by atoms with Crippen LogP contribution in [-0.4, -0.2) is 20.8 Å². The van der Waals surface area contributed by atoms with Crippen molar-refractivity contribution in [2.45, 2.75) is 37.5 Å². The summed E-state index contributed by atoms with van der Waals surface area (Å²) in [5.41, 5.74) is 3.72. The van der Waals surface area contributed by atoms with E-state index in [4.69, 9.17) is 9.72 Å². The average Bonchev–Trinajstić information content (AvgIpc) is 3.58. The van der Waals surface area contributed by atoms with E-state index in [0.29, 0.717) is 5.69 Å². The highest BCUT2D eigenvalue weighted by molar-refractivity contribution is 5.52. The summed E-state index contributed by atoms with van der Waals surface area (Å²) in [5, 5.41) is 11.9. The van der Waals surface area contributed by atoms with Crippen molar-refractivity contribution in [3.63, 3.8) is 0 Å². The Balaban J connectivity index is 1.57. The molecule has 0 bridgehead atoms. The number of rotatable bonds is 6. The maximum absolute atomic E-state index is 11.9. The fourth-order valence-electron chi connectivity index (χ4n) is 5.70. The van der Waals surface area contributed by atoms with Crippen molar-refractivity contribution >= 4 is 0 Å².